The molecule has 1 unspecified atom stereocenters. The molecule has 0 fully saturated rings. The summed E-state index contributed by atoms with van der Waals surface area (Å²) in [6.45, 7) is 2.44. The quantitative estimate of drug-likeness (QED) is 0.324. The van der Waals surface area contributed by atoms with Crippen LogP contribution in [0.3, 0.4) is 0 Å². The summed E-state index contributed by atoms with van der Waals surface area (Å²) in [6.07, 6.45) is 0.339. The molecule has 0 aliphatic rings. The van der Waals surface area contributed by atoms with E-state index in [-0.39, 0.29) is 17.7 Å². The third-order valence-electron chi connectivity index (χ3n) is 2.63. The van der Waals surface area contributed by atoms with Crippen molar-refractivity contribution in [3.63, 3.8) is 0 Å². The SMILES string of the molecule is COCC(C)CC(=O)Nc1ccc(/C(N)=N/O)cc1Cl. The van der Waals surface area contributed by atoms with Crippen LogP contribution in [0, 0.1) is 5.92 Å². The number of benzene rings is 1. The zero-order valence-corrected chi connectivity index (χ0v) is 12.1. The molecule has 20 heavy (non-hydrogen) atoms. The number of hydrogen-bond acceptors (Lipinski definition) is 4. The number of nitrogens with one attached hydrogen (secondary N) is 1. The van der Waals surface area contributed by atoms with Crippen LogP contribution < -0.4 is 11.1 Å². The van der Waals surface area contributed by atoms with E-state index in [2.05, 4.69) is 10.5 Å². The molecule has 0 aliphatic carbocycles. The van der Waals surface area contributed by atoms with Crippen molar-refractivity contribution in [2.45, 2.75) is 13.3 Å². The number of carbonyl (C=O) groups is 1. The highest BCUT2D eigenvalue weighted by atomic mass is 35.5. The molecule has 1 rings (SSSR count). The molecule has 0 aliphatic heterocycles. The molecule has 110 valence electrons. The zero-order valence-electron chi connectivity index (χ0n) is 11.4. The summed E-state index contributed by atoms with van der Waals surface area (Å²) >= 11 is 6.04. The van der Waals surface area contributed by atoms with Crippen LogP contribution in [0.2, 0.25) is 5.02 Å². The number of amides is 1. The number of rotatable bonds is 6. The Hall–Kier alpha value is -1.79. The standard InChI is InChI=1S/C13H18ClN3O3/c1-8(7-20-2)5-12(18)16-11-4-3-9(6-10(11)14)13(15)17-19/h3-4,6,8,19H,5,7H2,1-2H3,(H2,15,17)(H,16,18). The van der Waals surface area contributed by atoms with Gasteiger partial charge >= 0.3 is 0 Å². The first-order valence-electron chi connectivity index (χ1n) is 6.04. The van der Waals surface area contributed by atoms with Crippen molar-refractivity contribution in [3.05, 3.63) is 28.8 Å². The molecule has 0 aromatic heterocycles. The molecule has 4 N–H and O–H groups in total. The molecule has 7 heteroatoms. The van der Waals surface area contributed by atoms with Gasteiger partial charge in [0.1, 0.15) is 0 Å². The highest BCUT2D eigenvalue weighted by Gasteiger charge is 2.11. The van der Waals surface area contributed by atoms with Gasteiger partial charge in [0.05, 0.1) is 10.7 Å². The Labute approximate surface area is 122 Å². The van der Waals surface area contributed by atoms with Crippen molar-refractivity contribution in [3.8, 4) is 0 Å². The van der Waals surface area contributed by atoms with Gasteiger partial charge in [0.15, 0.2) is 5.84 Å². The normalized spacial score (nSPS) is 13.1. The lowest BCUT2D eigenvalue weighted by Gasteiger charge is -2.12. The van der Waals surface area contributed by atoms with Crippen LogP contribution in [-0.4, -0.2) is 30.7 Å². The van der Waals surface area contributed by atoms with Gasteiger partial charge in [0, 0.05) is 25.7 Å². The summed E-state index contributed by atoms with van der Waals surface area (Å²) in [6, 6.07) is 4.73. The van der Waals surface area contributed by atoms with Crippen molar-refractivity contribution < 1.29 is 14.7 Å². The van der Waals surface area contributed by atoms with Gasteiger partial charge in [-0.15, -0.1) is 0 Å². The summed E-state index contributed by atoms with van der Waals surface area (Å²) in [7, 11) is 1.59. The van der Waals surface area contributed by atoms with E-state index in [1.165, 1.54) is 6.07 Å². The van der Waals surface area contributed by atoms with Crippen LogP contribution in [0.15, 0.2) is 23.4 Å². The van der Waals surface area contributed by atoms with Gasteiger partial charge in [0.25, 0.3) is 0 Å². The summed E-state index contributed by atoms with van der Waals surface area (Å²) in [5, 5.41) is 14.5. The molecule has 1 amide bonds. The van der Waals surface area contributed by atoms with Gasteiger partial charge in [-0.1, -0.05) is 23.7 Å². The predicted octanol–water partition coefficient (Wildman–Crippen LogP) is 2.05. The van der Waals surface area contributed by atoms with Crippen LogP contribution in [0.5, 0.6) is 0 Å². The fraction of sp³-hybridized carbons (Fsp3) is 0.385. The average Bonchev–Trinajstić information content (AvgIpc) is 2.40. The summed E-state index contributed by atoms with van der Waals surface area (Å²) in [5.74, 6) is -0.0679. The summed E-state index contributed by atoms with van der Waals surface area (Å²) in [5.41, 5.74) is 6.41. The number of oxime groups is 1. The second kappa shape index (κ2) is 7.72. The lowest BCUT2D eigenvalue weighted by Crippen LogP contribution is -2.18. The van der Waals surface area contributed by atoms with E-state index in [4.69, 9.17) is 27.3 Å². The van der Waals surface area contributed by atoms with Crippen molar-refractivity contribution in [2.75, 3.05) is 19.0 Å². The second-order valence-corrected chi connectivity index (χ2v) is 4.90. The third kappa shape index (κ3) is 4.71. The monoisotopic (exact) mass is 299 g/mol. The Morgan fingerprint density at radius 3 is 2.85 bits per heavy atom. The Bertz CT molecular complexity index is 506. The predicted molar refractivity (Wildman–Crippen MR) is 78.2 cm³/mol. The Morgan fingerprint density at radius 1 is 1.60 bits per heavy atom. The smallest absolute Gasteiger partial charge is 0.224 e. The number of amidine groups is 1. The third-order valence-corrected chi connectivity index (χ3v) is 2.94. The first-order valence-corrected chi connectivity index (χ1v) is 6.42. The second-order valence-electron chi connectivity index (χ2n) is 4.49. The van der Waals surface area contributed by atoms with Gasteiger partial charge in [-0.25, -0.2) is 0 Å². The lowest BCUT2D eigenvalue weighted by molar-refractivity contribution is -0.117. The Kier molecular flexibility index (Phi) is 6.27. The van der Waals surface area contributed by atoms with E-state index in [1.807, 2.05) is 6.92 Å². The van der Waals surface area contributed by atoms with Gasteiger partial charge in [-0.05, 0) is 24.1 Å². The zero-order chi connectivity index (χ0) is 15.1. The number of hydrogen-bond donors (Lipinski definition) is 3. The van der Waals surface area contributed by atoms with Gasteiger partial charge in [-0.3, -0.25) is 4.79 Å². The molecule has 1 atom stereocenters. The molecule has 0 radical (unpaired) electrons. The molecular weight excluding hydrogens is 282 g/mol. The number of anilines is 1. The molecule has 1 aromatic carbocycles. The van der Waals surface area contributed by atoms with E-state index in [9.17, 15) is 4.79 Å². The van der Waals surface area contributed by atoms with Crippen LogP contribution >= 0.6 is 11.6 Å². The lowest BCUT2D eigenvalue weighted by atomic mass is 10.1. The van der Waals surface area contributed by atoms with E-state index in [1.54, 1.807) is 19.2 Å². The first-order chi connectivity index (χ1) is 9.47. The number of nitrogens with zero attached hydrogens (tertiary/aromatic N) is 1. The number of halogens is 1. The van der Waals surface area contributed by atoms with Crippen molar-refractivity contribution >= 4 is 29.0 Å². The highest BCUT2D eigenvalue weighted by Crippen LogP contribution is 2.23. The number of methoxy groups -OCH3 is 1. The summed E-state index contributed by atoms with van der Waals surface area (Å²) in [4.78, 5) is 11.8. The van der Waals surface area contributed by atoms with Gasteiger partial charge < -0.3 is 21.0 Å². The fourth-order valence-electron chi connectivity index (χ4n) is 1.69. The van der Waals surface area contributed by atoms with E-state index in [0.717, 1.165) is 0 Å². The molecule has 0 bridgehead atoms. The fourth-order valence-corrected chi connectivity index (χ4v) is 1.92. The van der Waals surface area contributed by atoms with Gasteiger partial charge in [0.2, 0.25) is 5.91 Å². The molecule has 1 aromatic rings. The average molecular weight is 300 g/mol. The van der Waals surface area contributed by atoms with Crippen molar-refractivity contribution in [2.24, 2.45) is 16.8 Å². The maximum atomic E-state index is 11.8. The van der Waals surface area contributed by atoms with Crippen LogP contribution in [0.4, 0.5) is 5.69 Å². The van der Waals surface area contributed by atoms with Crippen molar-refractivity contribution in [1.29, 1.82) is 0 Å². The van der Waals surface area contributed by atoms with E-state index in [0.29, 0.717) is 29.3 Å². The Balaban J connectivity index is 2.71. The topological polar surface area (TPSA) is 96.9 Å². The van der Waals surface area contributed by atoms with Crippen LogP contribution in [-0.2, 0) is 9.53 Å². The molecule has 0 spiro atoms. The number of carbonyl (C=O) groups excluding carboxylic acids is 1. The molecule has 0 heterocycles. The molecular formula is C13H18ClN3O3. The minimum Gasteiger partial charge on any atom is -0.409 e. The Morgan fingerprint density at radius 2 is 2.30 bits per heavy atom. The number of nitrogens with two attached hydrogens (primary N) is 1. The van der Waals surface area contributed by atoms with Crippen molar-refractivity contribution in [1.82, 2.24) is 0 Å². The number of ether oxygens (including phenoxy) is 1. The molecule has 0 saturated heterocycles. The van der Waals surface area contributed by atoms with E-state index >= 15 is 0 Å². The molecule has 6 nitrogen and oxygen atoms in total. The minimum absolute atomic E-state index is 0.0431. The van der Waals surface area contributed by atoms with E-state index < -0.39 is 0 Å². The minimum atomic E-state index is -0.145. The largest absolute Gasteiger partial charge is 0.409 e. The molecule has 0 saturated carbocycles. The maximum Gasteiger partial charge on any atom is 0.224 e. The highest BCUT2D eigenvalue weighted by molar-refractivity contribution is 6.34. The summed E-state index contributed by atoms with van der Waals surface area (Å²) < 4.78 is 4.98. The van der Waals surface area contributed by atoms with Crippen LogP contribution in [0.1, 0.15) is 18.9 Å². The first kappa shape index (κ1) is 16.3. The van der Waals surface area contributed by atoms with Gasteiger partial charge in [-0.2, -0.15) is 0 Å². The maximum absolute atomic E-state index is 11.8. The van der Waals surface area contributed by atoms with Crippen LogP contribution in [0.25, 0.3) is 0 Å².